The van der Waals surface area contributed by atoms with Crippen molar-refractivity contribution >= 4 is 28.0 Å². The number of carbonyl (C=O) groups excluding carboxylic acids is 1. The Hall–Kier alpha value is -3.72. The Morgan fingerprint density at radius 2 is 2.15 bits per heavy atom. The predicted octanol–water partition coefficient (Wildman–Crippen LogP) is 2.72. The number of nitrogens with one attached hydrogen (secondary N) is 1. The van der Waals surface area contributed by atoms with Crippen molar-refractivity contribution in [1.29, 1.82) is 0 Å². The lowest BCUT2D eigenvalue weighted by Crippen LogP contribution is -2.26. The second kappa shape index (κ2) is 9.41. The Kier molecular flexibility index (Phi) is 6.41. The second-order valence-electron chi connectivity index (χ2n) is 8.24. The van der Waals surface area contributed by atoms with Crippen molar-refractivity contribution in [1.82, 2.24) is 20.2 Å². The number of rotatable bonds is 7. The maximum Gasteiger partial charge on any atom is 0.317 e. The first-order valence-corrected chi connectivity index (χ1v) is 10.8. The Balaban J connectivity index is 1.80. The molecule has 1 aromatic carbocycles. The molecule has 33 heavy (non-hydrogen) atoms. The lowest BCUT2D eigenvalue weighted by Gasteiger charge is -2.17. The molecule has 0 aliphatic carbocycles. The van der Waals surface area contributed by atoms with Crippen LogP contribution in [0.25, 0.3) is 22.0 Å². The Labute approximate surface area is 191 Å². The van der Waals surface area contributed by atoms with Crippen LogP contribution in [0.3, 0.4) is 0 Å². The fraction of sp³-hybridized carbons (Fsp3) is 0.333. The molecule has 0 radical (unpaired) electrons. The smallest absolute Gasteiger partial charge is 0.317 e. The van der Waals surface area contributed by atoms with E-state index in [-0.39, 0.29) is 6.10 Å². The number of aromatic amines is 1. The number of allylic oxidation sites excluding steroid dienone is 3. The average Bonchev–Trinajstić information content (AvgIpc) is 3.49. The summed E-state index contributed by atoms with van der Waals surface area (Å²) in [6.07, 6.45) is 6.10. The zero-order valence-corrected chi connectivity index (χ0v) is 19.0. The summed E-state index contributed by atoms with van der Waals surface area (Å²) >= 11 is 0. The van der Waals surface area contributed by atoms with E-state index in [1.807, 2.05) is 32.1 Å². The highest BCUT2D eigenvalue weighted by atomic mass is 16.6. The van der Waals surface area contributed by atoms with Crippen LogP contribution in [-0.4, -0.2) is 45.4 Å². The molecule has 0 spiro atoms. The number of H-pyrrole nitrogens is 1. The van der Waals surface area contributed by atoms with Gasteiger partial charge in [0.1, 0.15) is 6.10 Å². The summed E-state index contributed by atoms with van der Waals surface area (Å²) in [7, 11) is 0. The lowest BCUT2D eigenvalue weighted by atomic mass is 9.90. The largest absolute Gasteiger partial charge is 0.458 e. The minimum absolute atomic E-state index is 0.0478. The molecule has 2 aromatic heterocycles. The summed E-state index contributed by atoms with van der Waals surface area (Å²) in [5.74, 6) is -1.15. The van der Waals surface area contributed by atoms with Gasteiger partial charge >= 0.3 is 6.01 Å². The minimum atomic E-state index is -0.655. The summed E-state index contributed by atoms with van der Waals surface area (Å²) in [5, 5.41) is 8.07. The summed E-state index contributed by atoms with van der Waals surface area (Å²) in [6, 6.07) is 6.05. The van der Waals surface area contributed by atoms with Crippen LogP contribution in [0, 0.1) is 12.8 Å². The summed E-state index contributed by atoms with van der Waals surface area (Å²) in [6.45, 7) is 6.83. The first-order valence-electron chi connectivity index (χ1n) is 10.8. The molecule has 9 nitrogen and oxygen atoms in total. The third-order valence-corrected chi connectivity index (χ3v) is 5.86. The topological polar surface area (TPSA) is 142 Å². The molecule has 5 N–H and O–H groups in total. The van der Waals surface area contributed by atoms with E-state index < -0.39 is 11.8 Å². The van der Waals surface area contributed by atoms with Gasteiger partial charge in [-0.05, 0) is 55.7 Å². The van der Waals surface area contributed by atoms with Crippen molar-refractivity contribution in [2.24, 2.45) is 17.4 Å². The summed E-state index contributed by atoms with van der Waals surface area (Å²) < 4.78 is 11.2. The lowest BCUT2D eigenvalue weighted by molar-refractivity contribution is -0.120. The van der Waals surface area contributed by atoms with Crippen molar-refractivity contribution in [2.75, 3.05) is 13.2 Å². The number of aromatic nitrogens is 4. The Morgan fingerprint density at radius 1 is 1.33 bits per heavy atom. The highest BCUT2D eigenvalue weighted by Crippen LogP contribution is 2.33. The Bertz CT molecular complexity index is 1240. The average molecular weight is 449 g/mol. The van der Waals surface area contributed by atoms with E-state index in [9.17, 15) is 4.79 Å². The van der Waals surface area contributed by atoms with E-state index in [0.29, 0.717) is 36.2 Å². The van der Waals surface area contributed by atoms with Gasteiger partial charge in [0.05, 0.1) is 36.5 Å². The van der Waals surface area contributed by atoms with E-state index in [4.69, 9.17) is 20.9 Å². The van der Waals surface area contributed by atoms with Crippen LogP contribution >= 0.6 is 0 Å². The molecule has 1 fully saturated rings. The van der Waals surface area contributed by atoms with Crippen molar-refractivity contribution in [3.8, 4) is 6.01 Å². The van der Waals surface area contributed by atoms with Crippen LogP contribution in [0.1, 0.15) is 37.1 Å². The van der Waals surface area contributed by atoms with Gasteiger partial charge in [-0.2, -0.15) is 10.1 Å². The maximum atomic E-state index is 12.0. The molecule has 4 rings (SSSR count). The molecule has 3 aromatic rings. The number of fused-ring (bicyclic) bond motifs is 1. The van der Waals surface area contributed by atoms with Crippen LogP contribution < -0.4 is 16.2 Å². The third kappa shape index (κ3) is 4.73. The fourth-order valence-electron chi connectivity index (χ4n) is 3.83. The minimum Gasteiger partial charge on any atom is -0.458 e. The number of primary amides is 1. The standard InChI is InChI=1S/C24H28N6O3/c1-13-4-5-20-18(11-28-30-20)21(13)17(22(25)15(3)23(26)31)10-14(2)19-6-8-27-24(29-19)33-16-7-9-32-12-16/h4-6,8,10-11,15-16H,7,9,12,25H2,1-3H3,(H2,26,31)(H,28,30)/b14-10+,22-17-. The van der Waals surface area contributed by atoms with Gasteiger partial charge in [0.15, 0.2) is 0 Å². The zero-order chi connectivity index (χ0) is 23.5. The van der Waals surface area contributed by atoms with Crippen molar-refractivity contribution < 1.29 is 14.3 Å². The number of hydrogen-bond acceptors (Lipinski definition) is 7. The van der Waals surface area contributed by atoms with Gasteiger partial charge in [-0.1, -0.05) is 6.07 Å². The van der Waals surface area contributed by atoms with E-state index in [1.54, 1.807) is 25.4 Å². The molecule has 0 saturated carbocycles. The first kappa shape index (κ1) is 22.5. The predicted molar refractivity (Wildman–Crippen MR) is 126 cm³/mol. The van der Waals surface area contributed by atoms with Gasteiger partial charge in [-0.25, -0.2) is 4.98 Å². The molecule has 1 amide bonds. The molecule has 3 heterocycles. The SMILES string of the molecule is C/C(=C\C(=C(\N)C(C)C(N)=O)c1c(C)ccc2[nH]ncc12)c1ccnc(OC2CCOC2)n1. The molecule has 1 aliphatic heterocycles. The van der Waals surface area contributed by atoms with E-state index >= 15 is 0 Å². The highest BCUT2D eigenvalue weighted by molar-refractivity contribution is 5.99. The van der Waals surface area contributed by atoms with Gasteiger partial charge in [0.25, 0.3) is 0 Å². The molecule has 9 heteroatoms. The van der Waals surface area contributed by atoms with Gasteiger partial charge in [-0.15, -0.1) is 0 Å². The van der Waals surface area contributed by atoms with Gasteiger partial charge in [0.2, 0.25) is 5.91 Å². The Morgan fingerprint density at radius 3 is 2.88 bits per heavy atom. The number of nitrogens with zero attached hydrogens (tertiary/aromatic N) is 3. The maximum absolute atomic E-state index is 12.0. The number of hydrogen-bond donors (Lipinski definition) is 3. The zero-order valence-electron chi connectivity index (χ0n) is 19.0. The van der Waals surface area contributed by atoms with Crippen molar-refractivity contribution in [3.63, 3.8) is 0 Å². The monoisotopic (exact) mass is 448 g/mol. The molecular formula is C24H28N6O3. The van der Waals surface area contributed by atoms with Crippen molar-refractivity contribution in [2.45, 2.75) is 33.3 Å². The normalized spacial score (nSPS) is 18.3. The van der Waals surface area contributed by atoms with Crippen LogP contribution in [0.4, 0.5) is 0 Å². The molecular weight excluding hydrogens is 420 g/mol. The fourth-order valence-corrected chi connectivity index (χ4v) is 3.83. The molecule has 2 atom stereocenters. The van der Waals surface area contributed by atoms with Crippen molar-refractivity contribution in [3.05, 3.63) is 59.2 Å². The summed E-state index contributed by atoms with van der Waals surface area (Å²) in [5.41, 5.74) is 17.5. The van der Waals surface area contributed by atoms with E-state index in [1.165, 1.54) is 0 Å². The van der Waals surface area contributed by atoms with E-state index in [2.05, 4.69) is 20.2 Å². The van der Waals surface area contributed by atoms with Crippen LogP contribution in [0.5, 0.6) is 6.01 Å². The molecule has 172 valence electrons. The molecule has 2 unspecified atom stereocenters. The number of carbonyl (C=O) groups is 1. The number of amides is 1. The second-order valence-corrected chi connectivity index (χ2v) is 8.24. The van der Waals surface area contributed by atoms with Gasteiger partial charge < -0.3 is 20.9 Å². The number of ether oxygens (including phenoxy) is 2. The quantitative estimate of drug-likeness (QED) is 0.472. The first-order chi connectivity index (χ1) is 15.8. The number of aryl methyl sites for hydroxylation is 1. The van der Waals surface area contributed by atoms with Gasteiger partial charge in [0, 0.05) is 29.3 Å². The third-order valence-electron chi connectivity index (χ3n) is 5.86. The molecule has 1 saturated heterocycles. The van der Waals surface area contributed by atoms with E-state index in [0.717, 1.165) is 34.0 Å². The van der Waals surface area contributed by atoms with Gasteiger partial charge in [-0.3, -0.25) is 9.89 Å². The van der Waals surface area contributed by atoms with Crippen LogP contribution in [-0.2, 0) is 9.53 Å². The molecule has 1 aliphatic rings. The number of nitrogens with two attached hydrogens (primary N) is 2. The van der Waals surface area contributed by atoms with Crippen LogP contribution in [0.2, 0.25) is 0 Å². The highest BCUT2D eigenvalue weighted by Gasteiger charge is 2.21. The molecule has 0 bridgehead atoms. The number of benzene rings is 1. The summed E-state index contributed by atoms with van der Waals surface area (Å²) in [4.78, 5) is 20.8. The van der Waals surface area contributed by atoms with Crippen LogP contribution in [0.15, 0.2) is 42.4 Å².